The Kier molecular flexibility index (Phi) is 3.19. The number of hydrogen-bond donors (Lipinski definition) is 0. The Balaban J connectivity index is 2.08. The largest absolute Gasteiger partial charge is 0.333 e. The van der Waals surface area contributed by atoms with Gasteiger partial charge in [-0.3, -0.25) is 4.79 Å². The summed E-state index contributed by atoms with van der Waals surface area (Å²) in [4.78, 5) is 15.7. The Bertz CT molecular complexity index is 513. The molecule has 0 fully saturated rings. The molecule has 0 saturated heterocycles. The van der Waals surface area contributed by atoms with Gasteiger partial charge in [0.1, 0.15) is 5.82 Å². The summed E-state index contributed by atoms with van der Waals surface area (Å²) in [6.45, 7) is 3.55. The molecule has 2 rings (SSSR count). The second-order valence-corrected chi connectivity index (χ2v) is 3.62. The summed E-state index contributed by atoms with van der Waals surface area (Å²) in [5, 5.41) is 0. The molecule has 0 saturated carbocycles. The molecular formula is C12H15N3O. The number of rotatable bonds is 4. The second-order valence-electron chi connectivity index (χ2n) is 3.62. The van der Waals surface area contributed by atoms with Crippen LogP contribution in [-0.2, 0) is 19.5 Å². The van der Waals surface area contributed by atoms with Crippen molar-refractivity contribution in [3.05, 3.63) is 53.0 Å². The molecule has 4 nitrogen and oxygen atoms in total. The zero-order valence-electron chi connectivity index (χ0n) is 9.34. The van der Waals surface area contributed by atoms with Crippen molar-refractivity contribution in [1.29, 1.82) is 0 Å². The highest BCUT2D eigenvalue weighted by Crippen LogP contribution is 1.98. The number of aryl methyl sites for hydroxylation is 3. The lowest BCUT2D eigenvalue weighted by molar-refractivity contribution is 0.549. The first-order valence-corrected chi connectivity index (χ1v) is 5.46. The molecule has 0 aliphatic carbocycles. The first kappa shape index (κ1) is 10.7. The van der Waals surface area contributed by atoms with Crippen LogP contribution in [0, 0.1) is 0 Å². The van der Waals surface area contributed by atoms with Gasteiger partial charge in [-0.25, -0.2) is 4.98 Å². The SMILES string of the molecule is CCc1nccn1CCn1ccccc1=O. The van der Waals surface area contributed by atoms with Crippen LogP contribution in [0.3, 0.4) is 0 Å². The third-order valence-electron chi connectivity index (χ3n) is 2.60. The van der Waals surface area contributed by atoms with Crippen LogP contribution < -0.4 is 5.56 Å². The van der Waals surface area contributed by atoms with E-state index in [0.29, 0.717) is 6.54 Å². The van der Waals surface area contributed by atoms with Gasteiger partial charge < -0.3 is 9.13 Å². The molecular weight excluding hydrogens is 202 g/mol. The van der Waals surface area contributed by atoms with Gasteiger partial charge in [0.15, 0.2) is 0 Å². The Morgan fingerprint density at radius 2 is 2.00 bits per heavy atom. The van der Waals surface area contributed by atoms with Gasteiger partial charge in [-0.2, -0.15) is 0 Å². The molecule has 2 heterocycles. The minimum atomic E-state index is 0.0423. The molecule has 16 heavy (non-hydrogen) atoms. The van der Waals surface area contributed by atoms with Gasteiger partial charge in [0.05, 0.1) is 0 Å². The summed E-state index contributed by atoms with van der Waals surface area (Å²) in [5.74, 6) is 1.06. The van der Waals surface area contributed by atoms with E-state index in [2.05, 4.69) is 16.5 Å². The minimum absolute atomic E-state index is 0.0423. The van der Waals surface area contributed by atoms with E-state index in [1.54, 1.807) is 22.9 Å². The fraction of sp³-hybridized carbons (Fsp3) is 0.333. The fourth-order valence-electron chi connectivity index (χ4n) is 1.72. The van der Waals surface area contributed by atoms with E-state index in [9.17, 15) is 4.79 Å². The van der Waals surface area contributed by atoms with Crippen LogP contribution in [-0.4, -0.2) is 14.1 Å². The summed E-state index contributed by atoms with van der Waals surface area (Å²) >= 11 is 0. The van der Waals surface area contributed by atoms with E-state index in [1.165, 1.54) is 0 Å². The zero-order chi connectivity index (χ0) is 11.4. The van der Waals surface area contributed by atoms with E-state index in [1.807, 2.05) is 18.5 Å². The standard InChI is InChI=1S/C12H15N3O/c1-2-11-13-6-8-14(11)9-10-15-7-4-3-5-12(15)16/h3-8H,2,9-10H2,1H3. The molecule has 84 valence electrons. The van der Waals surface area contributed by atoms with Crippen LogP contribution in [0.5, 0.6) is 0 Å². The Morgan fingerprint density at radius 3 is 2.75 bits per heavy atom. The smallest absolute Gasteiger partial charge is 0.250 e. The van der Waals surface area contributed by atoms with E-state index in [-0.39, 0.29) is 5.56 Å². The molecule has 0 aliphatic heterocycles. The molecule has 4 heteroatoms. The second kappa shape index (κ2) is 4.79. The van der Waals surface area contributed by atoms with Crippen molar-refractivity contribution in [3.8, 4) is 0 Å². The maximum Gasteiger partial charge on any atom is 0.250 e. The molecule has 0 aromatic carbocycles. The Labute approximate surface area is 94.2 Å². The van der Waals surface area contributed by atoms with Crippen LogP contribution in [0.2, 0.25) is 0 Å². The normalized spacial score (nSPS) is 10.6. The third-order valence-corrected chi connectivity index (χ3v) is 2.60. The molecule has 0 amide bonds. The first-order chi connectivity index (χ1) is 7.81. The summed E-state index contributed by atoms with van der Waals surface area (Å²) in [7, 11) is 0. The van der Waals surface area contributed by atoms with Gasteiger partial charge in [0, 0.05) is 44.2 Å². The van der Waals surface area contributed by atoms with Crippen LogP contribution in [0.15, 0.2) is 41.6 Å². The van der Waals surface area contributed by atoms with E-state index in [4.69, 9.17) is 0 Å². The molecule has 2 aromatic rings. The maximum atomic E-state index is 11.5. The third kappa shape index (κ3) is 2.21. The predicted molar refractivity (Wildman–Crippen MR) is 62.3 cm³/mol. The van der Waals surface area contributed by atoms with Crippen molar-refractivity contribution in [3.63, 3.8) is 0 Å². The highest BCUT2D eigenvalue weighted by molar-refractivity contribution is 4.94. The van der Waals surface area contributed by atoms with Crippen molar-refractivity contribution < 1.29 is 0 Å². The predicted octanol–water partition coefficient (Wildman–Crippen LogP) is 1.31. The average Bonchev–Trinajstić information content (AvgIpc) is 2.75. The summed E-state index contributed by atoms with van der Waals surface area (Å²) in [6, 6.07) is 5.21. The lowest BCUT2D eigenvalue weighted by atomic mass is 10.4. The number of pyridine rings is 1. The van der Waals surface area contributed by atoms with E-state index >= 15 is 0 Å². The number of imidazole rings is 1. The summed E-state index contributed by atoms with van der Waals surface area (Å²) in [6.07, 6.45) is 6.47. The van der Waals surface area contributed by atoms with Gasteiger partial charge in [-0.05, 0) is 6.07 Å². The molecule has 0 aliphatic rings. The molecule has 0 unspecified atom stereocenters. The van der Waals surface area contributed by atoms with Crippen molar-refractivity contribution in [1.82, 2.24) is 14.1 Å². The minimum Gasteiger partial charge on any atom is -0.333 e. The topological polar surface area (TPSA) is 39.8 Å². The van der Waals surface area contributed by atoms with E-state index < -0.39 is 0 Å². The monoisotopic (exact) mass is 217 g/mol. The lowest BCUT2D eigenvalue weighted by Gasteiger charge is -2.08. The van der Waals surface area contributed by atoms with E-state index in [0.717, 1.165) is 18.8 Å². The first-order valence-electron chi connectivity index (χ1n) is 5.46. The molecule has 2 aromatic heterocycles. The summed E-state index contributed by atoms with van der Waals surface area (Å²) in [5.41, 5.74) is 0.0423. The van der Waals surface area contributed by atoms with Crippen LogP contribution in [0.4, 0.5) is 0 Å². The Hall–Kier alpha value is -1.84. The van der Waals surface area contributed by atoms with Gasteiger partial charge in [0.25, 0.3) is 5.56 Å². The highest BCUT2D eigenvalue weighted by atomic mass is 16.1. The van der Waals surface area contributed by atoms with Crippen LogP contribution in [0.25, 0.3) is 0 Å². The molecule has 0 spiro atoms. The van der Waals surface area contributed by atoms with Crippen LogP contribution >= 0.6 is 0 Å². The molecule has 0 bridgehead atoms. The molecule has 0 atom stereocenters. The molecule has 0 N–H and O–H groups in total. The Morgan fingerprint density at radius 1 is 1.19 bits per heavy atom. The quantitative estimate of drug-likeness (QED) is 0.774. The zero-order valence-corrected chi connectivity index (χ0v) is 9.34. The fourth-order valence-corrected chi connectivity index (χ4v) is 1.72. The average molecular weight is 217 g/mol. The maximum absolute atomic E-state index is 11.5. The van der Waals surface area contributed by atoms with Gasteiger partial charge in [-0.1, -0.05) is 13.0 Å². The van der Waals surface area contributed by atoms with Crippen LogP contribution in [0.1, 0.15) is 12.7 Å². The van der Waals surface area contributed by atoms with Crippen molar-refractivity contribution in [2.75, 3.05) is 0 Å². The highest BCUT2D eigenvalue weighted by Gasteiger charge is 2.00. The number of nitrogens with zero attached hydrogens (tertiary/aromatic N) is 3. The van der Waals surface area contributed by atoms with Gasteiger partial charge in [0.2, 0.25) is 0 Å². The lowest BCUT2D eigenvalue weighted by Crippen LogP contribution is -2.20. The van der Waals surface area contributed by atoms with Gasteiger partial charge >= 0.3 is 0 Å². The molecule has 0 radical (unpaired) electrons. The number of aromatic nitrogens is 3. The van der Waals surface area contributed by atoms with Crippen molar-refractivity contribution in [2.45, 2.75) is 26.4 Å². The summed E-state index contributed by atoms with van der Waals surface area (Å²) < 4.78 is 3.79. The number of hydrogen-bond acceptors (Lipinski definition) is 2. The van der Waals surface area contributed by atoms with Crippen molar-refractivity contribution >= 4 is 0 Å². The van der Waals surface area contributed by atoms with Crippen molar-refractivity contribution in [2.24, 2.45) is 0 Å². The van der Waals surface area contributed by atoms with Gasteiger partial charge in [-0.15, -0.1) is 0 Å².